The van der Waals surface area contributed by atoms with Crippen molar-refractivity contribution in [3.8, 4) is 28.6 Å². The van der Waals surface area contributed by atoms with E-state index in [-0.39, 0.29) is 0 Å². The molecule has 0 bridgehead atoms. The van der Waals surface area contributed by atoms with Gasteiger partial charge in [-0.15, -0.1) is 0 Å². The number of pyridine rings is 1. The van der Waals surface area contributed by atoms with Crippen molar-refractivity contribution in [2.45, 2.75) is 19.3 Å². The van der Waals surface area contributed by atoms with Crippen LogP contribution < -0.4 is 4.90 Å². The topological polar surface area (TPSA) is 44.9 Å². The molecule has 0 saturated carbocycles. The summed E-state index contributed by atoms with van der Waals surface area (Å²) in [5.74, 6) is 0. The normalized spacial score (nSPS) is 14.2. The van der Waals surface area contributed by atoms with Crippen molar-refractivity contribution in [3.05, 3.63) is 60.4 Å². The van der Waals surface area contributed by atoms with Crippen LogP contribution in [0.2, 0.25) is 0 Å². The molecule has 3 heterocycles. The third-order valence-electron chi connectivity index (χ3n) is 5.22. The number of piperidine rings is 1. The van der Waals surface area contributed by atoms with Gasteiger partial charge in [0, 0.05) is 55.2 Å². The van der Waals surface area contributed by atoms with Crippen LogP contribution >= 0.6 is 0 Å². The average Bonchev–Trinajstić information content (AvgIpc) is 3.10. The van der Waals surface area contributed by atoms with E-state index in [4.69, 9.17) is 0 Å². The van der Waals surface area contributed by atoms with E-state index in [0.717, 1.165) is 30.0 Å². The number of anilines is 1. The first-order chi connectivity index (χ1) is 12.8. The molecule has 4 rings (SSSR count). The zero-order valence-electron chi connectivity index (χ0n) is 15.0. The fraction of sp³-hybridized carbons (Fsp3) is 0.273. The Hall–Kier alpha value is -3.06. The molecule has 0 aliphatic carbocycles. The van der Waals surface area contributed by atoms with Gasteiger partial charge in [0.2, 0.25) is 0 Å². The van der Waals surface area contributed by atoms with Crippen LogP contribution in [0.5, 0.6) is 0 Å². The maximum atomic E-state index is 9.34. The monoisotopic (exact) mass is 342 g/mol. The van der Waals surface area contributed by atoms with Crippen molar-refractivity contribution in [1.82, 2.24) is 9.55 Å². The van der Waals surface area contributed by atoms with E-state index >= 15 is 0 Å². The van der Waals surface area contributed by atoms with E-state index in [1.807, 2.05) is 13.1 Å². The van der Waals surface area contributed by atoms with Gasteiger partial charge in [-0.3, -0.25) is 4.98 Å². The maximum Gasteiger partial charge on any atom is 0.101 e. The largest absolute Gasteiger partial charge is 0.372 e. The maximum absolute atomic E-state index is 9.34. The zero-order valence-corrected chi connectivity index (χ0v) is 15.0. The Bertz CT molecular complexity index is 941. The Morgan fingerprint density at radius 3 is 2.38 bits per heavy atom. The van der Waals surface area contributed by atoms with Gasteiger partial charge in [-0.2, -0.15) is 5.26 Å². The van der Waals surface area contributed by atoms with E-state index < -0.39 is 0 Å². The minimum absolute atomic E-state index is 0.598. The standard InChI is InChI=1S/C22H22N4/c1-25-21(9-10-22(25)20-11-12-24-16-18(20)15-23)17-5-7-19(8-6-17)26-13-3-2-4-14-26/h5-12,16H,2-4,13-14H2,1H3. The Balaban J connectivity index is 1.65. The van der Waals surface area contributed by atoms with Crippen molar-refractivity contribution in [2.24, 2.45) is 7.05 Å². The molecule has 0 radical (unpaired) electrons. The molecular weight excluding hydrogens is 320 g/mol. The third kappa shape index (κ3) is 2.97. The van der Waals surface area contributed by atoms with Gasteiger partial charge in [0.1, 0.15) is 6.07 Å². The molecule has 26 heavy (non-hydrogen) atoms. The third-order valence-corrected chi connectivity index (χ3v) is 5.22. The highest BCUT2D eigenvalue weighted by molar-refractivity contribution is 5.73. The van der Waals surface area contributed by atoms with Crippen LogP contribution in [0, 0.1) is 11.3 Å². The summed E-state index contributed by atoms with van der Waals surface area (Å²) in [6, 6.07) is 17.2. The van der Waals surface area contributed by atoms with E-state index in [0.29, 0.717) is 5.56 Å². The zero-order chi connectivity index (χ0) is 17.9. The quantitative estimate of drug-likeness (QED) is 0.698. The van der Waals surface area contributed by atoms with Crippen LogP contribution in [0.15, 0.2) is 54.9 Å². The molecule has 4 heteroatoms. The predicted octanol–water partition coefficient (Wildman–Crippen LogP) is 4.62. The van der Waals surface area contributed by atoms with Crippen LogP contribution in [0.1, 0.15) is 24.8 Å². The van der Waals surface area contributed by atoms with Crippen LogP contribution in [-0.4, -0.2) is 22.6 Å². The van der Waals surface area contributed by atoms with Gasteiger partial charge in [-0.05, 0) is 55.2 Å². The Morgan fingerprint density at radius 2 is 1.65 bits per heavy atom. The molecule has 1 aliphatic heterocycles. The lowest BCUT2D eigenvalue weighted by Crippen LogP contribution is -2.29. The summed E-state index contributed by atoms with van der Waals surface area (Å²) in [7, 11) is 2.05. The predicted molar refractivity (Wildman–Crippen MR) is 105 cm³/mol. The van der Waals surface area contributed by atoms with E-state index in [1.165, 1.54) is 30.5 Å². The number of nitrogens with zero attached hydrogens (tertiary/aromatic N) is 4. The van der Waals surface area contributed by atoms with Crippen molar-refractivity contribution >= 4 is 5.69 Å². The highest BCUT2D eigenvalue weighted by Crippen LogP contribution is 2.30. The molecule has 0 atom stereocenters. The molecule has 0 N–H and O–H groups in total. The summed E-state index contributed by atoms with van der Waals surface area (Å²) >= 11 is 0. The fourth-order valence-electron chi connectivity index (χ4n) is 3.77. The molecule has 3 aromatic rings. The first kappa shape index (κ1) is 16.4. The summed E-state index contributed by atoms with van der Waals surface area (Å²) in [5.41, 5.74) is 6.18. The lowest BCUT2D eigenvalue weighted by molar-refractivity contribution is 0.578. The minimum atomic E-state index is 0.598. The van der Waals surface area contributed by atoms with Gasteiger partial charge >= 0.3 is 0 Å². The van der Waals surface area contributed by atoms with Gasteiger partial charge in [-0.25, -0.2) is 0 Å². The second-order valence-corrected chi connectivity index (χ2v) is 6.79. The molecule has 1 saturated heterocycles. The van der Waals surface area contributed by atoms with Crippen molar-refractivity contribution in [2.75, 3.05) is 18.0 Å². The van der Waals surface area contributed by atoms with Crippen molar-refractivity contribution in [3.63, 3.8) is 0 Å². The van der Waals surface area contributed by atoms with Crippen LogP contribution in [0.3, 0.4) is 0 Å². The SMILES string of the molecule is Cn1c(-c2ccc(N3CCCCC3)cc2)ccc1-c1ccncc1C#N. The Labute approximate surface area is 154 Å². The second kappa shape index (κ2) is 7.05. The Kier molecular flexibility index (Phi) is 4.45. The number of benzene rings is 1. The molecule has 0 spiro atoms. The van der Waals surface area contributed by atoms with Crippen LogP contribution in [0.25, 0.3) is 22.5 Å². The van der Waals surface area contributed by atoms with Gasteiger partial charge in [0.05, 0.1) is 5.56 Å². The van der Waals surface area contributed by atoms with Crippen molar-refractivity contribution < 1.29 is 0 Å². The minimum Gasteiger partial charge on any atom is -0.372 e. The molecule has 1 fully saturated rings. The molecule has 2 aromatic heterocycles. The number of rotatable bonds is 3. The fourth-order valence-corrected chi connectivity index (χ4v) is 3.77. The summed E-state index contributed by atoms with van der Waals surface area (Å²) in [4.78, 5) is 6.53. The van der Waals surface area contributed by atoms with Gasteiger partial charge in [-0.1, -0.05) is 12.1 Å². The lowest BCUT2D eigenvalue weighted by atomic mass is 10.1. The highest BCUT2D eigenvalue weighted by Gasteiger charge is 2.14. The smallest absolute Gasteiger partial charge is 0.101 e. The van der Waals surface area contributed by atoms with Gasteiger partial charge < -0.3 is 9.47 Å². The molecule has 130 valence electrons. The summed E-state index contributed by atoms with van der Waals surface area (Å²) in [6.45, 7) is 2.32. The molecule has 1 aromatic carbocycles. The van der Waals surface area contributed by atoms with E-state index in [1.54, 1.807) is 12.4 Å². The number of hydrogen-bond donors (Lipinski definition) is 0. The molecule has 1 aliphatic rings. The number of hydrogen-bond acceptors (Lipinski definition) is 3. The first-order valence-corrected chi connectivity index (χ1v) is 9.13. The number of aromatic nitrogens is 2. The molecule has 0 unspecified atom stereocenters. The van der Waals surface area contributed by atoms with E-state index in [9.17, 15) is 5.26 Å². The molecule has 4 nitrogen and oxygen atoms in total. The van der Waals surface area contributed by atoms with Crippen molar-refractivity contribution in [1.29, 1.82) is 5.26 Å². The lowest BCUT2D eigenvalue weighted by Gasteiger charge is -2.28. The summed E-state index contributed by atoms with van der Waals surface area (Å²) < 4.78 is 2.14. The second-order valence-electron chi connectivity index (χ2n) is 6.79. The Morgan fingerprint density at radius 1 is 0.923 bits per heavy atom. The average molecular weight is 342 g/mol. The van der Waals surface area contributed by atoms with Crippen LogP contribution in [-0.2, 0) is 7.05 Å². The molecule has 0 amide bonds. The van der Waals surface area contributed by atoms with E-state index in [2.05, 4.69) is 56.9 Å². The van der Waals surface area contributed by atoms with Gasteiger partial charge in [0.25, 0.3) is 0 Å². The highest BCUT2D eigenvalue weighted by atomic mass is 15.1. The molecular formula is C22H22N4. The number of nitriles is 1. The summed E-state index contributed by atoms with van der Waals surface area (Å²) in [6.07, 6.45) is 7.28. The first-order valence-electron chi connectivity index (χ1n) is 9.13. The van der Waals surface area contributed by atoms with Crippen LogP contribution in [0.4, 0.5) is 5.69 Å². The summed E-state index contributed by atoms with van der Waals surface area (Å²) in [5, 5.41) is 9.34. The van der Waals surface area contributed by atoms with Gasteiger partial charge in [0.15, 0.2) is 0 Å².